The van der Waals surface area contributed by atoms with Gasteiger partial charge in [-0.3, -0.25) is 4.79 Å². The lowest BCUT2D eigenvalue weighted by atomic mass is 9.86. The molecule has 0 bridgehead atoms. The predicted octanol–water partition coefficient (Wildman–Crippen LogP) is 0.587. The molecule has 94 valence electrons. The van der Waals surface area contributed by atoms with Crippen molar-refractivity contribution in [2.24, 2.45) is 17.1 Å². The fourth-order valence-corrected chi connectivity index (χ4v) is 1.27. The Hall–Kier alpha value is -1.10. The summed E-state index contributed by atoms with van der Waals surface area (Å²) in [5.74, 6) is -1.21. The van der Waals surface area contributed by atoms with Gasteiger partial charge in [0.25, 0.3) is 0 Å². The summed E-state index contributed by atoms with van der Waals surface area (Å²) in [6, 6.07) is -0.870. The summed E-state index contributed by atoms with van der Waals surface area (Å²) in [7, 11) is 0. The maximum absolute atomic E-state index is 11.5. The smallest absolute Gasteiger partial charge is 0.326 e. The second-order valence-electron chi connectivity index (χ2n) is 5.25. The van der Waals surface area contributed by atoms with Crippen molar-refractivity contribution < 1.29 is 14.7 Å². The van der Waals surface area contributed by atoms with Gasteiger partial charge in [0.15, 0.2) is 0 Å². The van der Waals surface area contributed by atoms with Crippen LogP contribution in [0.4, 0.5) is 0 Å². The average Bonchev–Trinajstić information content (AvgIpc) is 2.11. The highest BCUT2D eigenvalue weighted by Crippen LogP contribution is 2.19. The van der Waals surface area contributed by atoms with Gasteiger partial charge in [-0.2, -0.15) is 0 Å². The number of carboxylic acids is 1. The molecule has 0 rings (SSSR count). The Bertz CT molecular complexity index is 258. The fourth-order valence-electron chi connectivity index (χ4n) is 1.27. The van der Waals surface area contributed by atoms with Gasteiger partial charge in [-0.25, -0.2) is 4.79 Å². The normalized spacial score (nSPS) is 15.3. The average molecular weight is 230 g/mol. The molecule has 0 saturated heterocycles. The quantitative estimate of drug-likeness (QED) is 0.644. The summed E-state index contributed by atoms with van der Waals surface area (Å²) in [6.07, 6.45) is 0.260. The van der Waals surface area contributed by atoms with E-state index in [4.69, 9.17) is 10.8 Å². The fraction of sp³-hybridized carbons (Fsp3) is 0.818. The molecule has 0 fully saturated rings. The van der Waals surface area contributed by atoms with Gasteiger partial charge >= 0.3 is 5.97 Å². The van der Waals surface area contributed by atoms with Crippen molar-refractivity contribution in [2.75, 3.05) is 6.54 Å². The molecular formula is C11H22N2O3. The summed E-state index contributed by atoms with van der Waals surface area (Å²) in [5, 5.41) is 11.5. The zero-order valence-electron chi connectivity index (χ0n) is 10.4. The third kappa shape index (κ3) is 5.11. The lowest BCUT2D eigenvalue weighted by molar-refractivity contribution is -0.145. The summed E-state index contributed by atoms with van der Waals surface area (Å²) < 4.78 is 0. The molecule has 0 aromatic carbocycles. The number of aliphatic carboxylic acids is 1. The monoisotopic (exact) mass is 230 g/mol. The highest BCUT2D eigenvalue weighted by molar-refractivity contribution is 5.84. The Morgan fingerprint density at radius 1 is 1.38 bits per heavy atom. The molecule has 2 unspecified atom stereocenters. The number of amides is 1. The topological polar surface area (TPSA) is 92.4 Å². The molecule has 0 aliphatic heterocycles. The molecule has 0 aromatic rings. The minimum atomic E-state index is -1.01. The third-order valence-corrected chi connectivity index (χ3v) is 2.35. The van der Waals surface area contributed by atoms with Crippen molar-refractivity contribution in [3.63, 3.8) is 0 Å². The van der Waals surface area contributed by atoms with Crippen LogP contribution in [-0.2, 0) is 9.59 Å². The maximum Gasteiger partial charge on any atom is 0.326 e. The van der Waals surface area contributed by atoms with E-state index in [1.807, 2.05) is 6.92 Å². The molecule has 5 nitrogen and oxygen atoms in total. The van der Waals surface area contributed by atoms with Crippen molar-refractivity contribution in [2.45, 2.75) is 40.2 Å². The summed E-state index contributed by atoms with van der Waals surface area (Å²) in [4.78, 5) is 22.5. The molecule has 1 amide bonds. The van der Waals surface area contributed by atoms with Crippen LogP contribution in [0.25, 0.3) is 0 Å². The van der Waals surface area contributed by atoms with E-state index in [-0.39, 0.29) is 18.2 Å². The Morgan fingerprint density at radius 3 is 2.19 bits per heavy atom. The molecule has 0 aliphatic carbocycles. The van der Waals surface area contributed by atoms with Crippen LogP contribution < -0.4 is 11.1 Å². The van der Waals surface area contributed by atoms with Crippen molar-refractivity contribution in [3.8, 4) is 0 Å². The first-order valence-corrected chi connectivity index (χ1v) is 5.40. The van der Waals surface area contributed by atoms with Crippen LogP contribution >= 0.6 is 0 Å². The molecule has 0 spiro atoms. The lowest BCUT2D eigenvalue weighted by Crippen LogP contribution is -2.49. The van der Waals surface area contributed by atoms with Crippen LogP contribution in [0.15, 0.2) is 0 Å². The zero-order chi connectivity index (χ0) is 12.9. The minimum Gasteiger partial charge on any atom is -0.480 e. The van der Waals surface area contributed by atoms with Crippen LogP contribution in [0.1, 0.15) is 34.1 Å². The van der Waals surface area contributed by atoms with E-state index >= 15 is 0 Å². The van der Waals surface area contributed by atoms with Gasteiger partial charge in [-0.15, -0.1) is 0 Å². The summed E-state index contributed by atoms with van der Waals surface area (Å²) in [5.41, 5.74) is 4.89. The van der Waals surface area contributed by atoms with Crippen molar-refractivity contribution in [1.82, 2.24) is 5.32 Å². The number of nitrogens with two attached hydrogens (primary N) is 1. The van der Waals surface area contributed by atoms with Crippen LogP contribution in [0.3, 0.4) is 0 Å². The SMILES string of the molecule is CC(CN)CC(=O)NC(C(=O)O)C(C)(C)C. The second kappa shape index (κ2) is 5.84. The maximum atomic E-state index is 11.5. The summed E-state index contributed by atoms with van der Waals surface area (Å²) >= 11 is 0. The van der Waals surface area contributed by atoms with Crippen molar-refractivity contribution >= 4 is 11.9 Å². The highest BCUT2D eigenvalue weighted by Gasteiger charge is 2.32. The lowest BCUT2D eigenvalue weighted by Gasteiger charge is -2.28. The molecule has 5 heteroatoms. The first kappa shape index (κ1) is 14.9. The molecule has 0 heterocycles. The largest absolute Gasteiger partial charge is 0.480 e. The number of carboxylic acid groups (broad SMARTS) is 1. The zero-order valence-corrected chi connectivity index (χ0v) is 10.4. The minimum absolute atomic E-state index is 0.0643. The number of hydrogen-bond acceptors (Lipinski definition) is 3. The first-order valence-electron chi connectivity index (χ1n) is 5.40. The van der Waals surface area contributed by atoms with E-state index in [1.54, 1.807) is 20.8 Å². The molecule has 0 aliphatic rings. The number of carbonyl (C=O) groups excluding carboxylic acids is 1. The predicted molar refractivity (Wildman–Crippen MR) is 61.9 cm³/mol. The van der Waals surface area contributed by atoms with Gasteiger partial charge in [0, 0.05) is 6.42 Å². The van der Waals surface area contributed by atoms with Gasteiger partial charge in [-0.05, 0) is 17.9 Å². The number of carbonyl (C=O) groups is 2. The van der Waals surface area contributed by atoms with Gasteiger partial charge in [0.05, 0.1) is 0 Å². The first-order chi connectivity index (χ1) is 7.18. The van der Waals surface area contributed by atoms with E-state index in [1.165, 1.54) is 0 Å². The van der Waals surface area contributed by atoms with E-state index in [0.29, 0.717) is 6.54 Å². The van der Waals surface area contributed by atoms with E-state index < -0.39 is 17.4 Å². The Balaban J connectivity index is 4.43. The molecule has 0 radical (unpaired) electrons. The Kier molecular flexibility index (Phi) is 5.44. The van der Waals surface area contributed by atoms with E-state index in [2.05, 4.69) is 5.32 Å². The number of nitrogens with one attached hydrogen (secondary N) is 1. The highest BCUT2D eigenvalue weighted by atomic mass is 16.4. The Morgan fingerprint density at radius 2 is 1.88 bits per heavy atom. The van der Waals surface area contributed by atoms with Crippen LogP contribution in [0.2, 0.25) is 0 Å². The number of hydrogen-bond donors (Lipinski definition) is 3. The van der Waals surface area contributed by atoms with Gasteiger partial charge < -0.3 is 16.2 Å². The van der Waals surface area contributed by atoms with Gasteiger partial charge in [0.1, 0.15) is 6.04 Å². The second-order valence-corrected chi connectivity index (χ2v) is 5.25. The summed E-state index contributed by atoms with van der Waals surface area (Å²) in [6.45, 7) is 7.60. The molecule has 0 aromatic heterocycles. The third-order valence-electron chi connectivity index (χ3n) is 2.35. The molecule has 0 saturated carbocycles. The molecular weight excluding hydrogens is 208 g/mol. The molecule has 16 heavy (non-hydrogen) atoms. The van der Waals surface area contributed by atoms with Crippen molar-refractivity contribution in [3.05, 3.63) is 0 Å². The standard InChI is InChI=1S/C11H22N2O3/c1-7(6-12)5-8(14)13-9(10(15)16)11(2,3)4/h7,9H,5-6,12H2,1-4H3,(H,13,14)(H,15,16). The van der Waals surface area contributed by atoms with Gasteiger partial charge in [0.2, 0.25) is 5.91 Å². The Labute approximate surface area is 96.4 Å². The molecule has 4 N–H and O–H groups in total. The van der Waals surface area contributed by atoms with Gasteiger partial charge in [-0.1, -0.05) is 27.7 Å². The number of rotatable bonds is 5. The van der Waals surface area contributed by atoms with Crippen LogP contribution in [-0.4, -0.2) is 29.6 Å². The molecule has 2 atom stereocenters. The van der Waals surface area contributed by atoms with Crippen LogP contribution in [0, 0.1) is 11.3 Å². The van der Waals surface area contributed by atoms with E-state index in [9.17, 15) is 9.59 Å². The van der Waals surface area contributed by atoms with E-state index in [0.717, 1.165) is 0 Å². The van der Waals surface area contributed by atoms with Crippen molar-refractivity contribution in [1.29, 1.82) is 0 Å². The van der Waals surface area contributed by atoms with Crippen LogP contribution in [0.5, 0.6) is 0 Å².